The molecule has 0 saturated heterocycles. The third kappa shape index (κ3) is 4.68. The Bertz CT molecular complexity index is 169. The molecule has 5 nitrogen and oxygen atoms in total. The van der Waals surface area contributed by atoms with E-state index in [1.54, 1.807) is 6.92 Å². The van der Waals surface area contributed by atoms with Gasteiger partial charge in [-0.25, -0.2) is 0 Å². The summed E-state index contributed by atoms with van der Waals surface area (Å²) in [6.45, 7) is 1.97. The zero-order valence-electron chi connectivity index (χ0n) is 6.91. The molecule has 0 saturated carbocycles. The van der Waals surface area contributed by atoms with Gasteiger partial charge in [0.2, 0.25) is 0 Å². The lowest BCUT2D eigenvalue weighted by molar-refractivity contribution is -0.307. The predicted octanol–water partition coefficient (Wildman–Crippen LogP) is -1.59. The molecule has 0 radical (unpaired) electrons. The summed E-state index contributed by atoms with van der Waals surface area (Å²) in [4.78, 5) is 20.8. The van der Waals surface area contributed by atoms with E-state index in [1.807, 2.05) is 0 Å². The van der Waals surface area contributed by atoms with Crippen LogP contribution in [0.5, 0.6) is 0 Å². The lowest BCUT2D eigenvalue weighted by atomic mass is 10.2. The molecular formula is C7H12NO4-. The van der Waals surface area contributed by atoms with Crippen molar-refractivity contribution in [3.8, 4) is 0 Å². The Morgan fingerprint density at radius 3 is 2.58 bits per heavy atom. The molecule has 0 aliphatic rings. The molecule has 12 heavy (non-hydrogen) atoms. The second kappa shape index (κ2) is 5.54. The summed E-state index contributed by atoms with van der Waals surface area (Å²) in [6, 6.07) is -1.09. The standard InChI is InChI=1S/C7H13NO4/c1-2-12-6(9)4-3-5(8)7(10)11/h5H,2-4,8H2,1H3,(H,10,11)/p-1/t5-/m0/s1. The van der Waals surface area contributed by atoms with Crippen LogP contribution in [-0.4, -0.2) is 24.6 Å². The van der Waals surface area contributed by atoms with Crippen molar-refractivity contribution in [2.24, 2.45) is 5.73 Å². The zero-order valence-corrected chi connectivity index (χ0v) is 6.91. The Balaban J connectivity index is 3.54. The van der Waals surface area contributed by atoms with Crippen molar-refractivity contribution in [3.05, 3.63) is 0 Å². The van der Waals surface area contributed by atoms with Gasteiger partial charge in [0.1, 0.15) is 0 Å². The van der Waals surface area contributed by atoms with E-state index in [2.05, 4.69) is 4.74 Å². The van der Waals surface area contributed by atoms with E-state index in [9.17, 15) is 14.7 Å². The predicted molar refractivity (Wildman–Crippen MR) is 38.8 cm³/mol. The van der Waals surface area contributed by atoms with Gasteiger partial charge in [0, 0.05) is 12.5 Å². The van der Waals surface area contributed by atoms with Crippen LogP contribution in [0.4, 0.5) is 0 Å². The van der Waals surface area contributed by atoms with Gasteiger partial charge < -0.3 is 20.4 Å². The van der Waals surface area contributed by atoms with Gasteiger partial charge >= 0.3 is 5.97 Å². The smallest absolute Gasteiger partial charge is 0.305 e. The fourth-order valence-electron chi connectivity index (χ4n) is 0.624. The molecule has 5 heteroatoms. The first kappa shape index (κ1) is 10.9. The number of hydrogen-bond acceptors (Lipinski definition) is 5. The summed E-state index contributed by atoms with van der Waals surface area (Å²) in [7, 11) is 0. The largest absolute Gasteiger partial charge is 0.548 e. The van der Waals surface area contributed by atoms with Gasteiger partial charge in [0.25, 0.3) is 0 Å². The molecule has 0 aromatic rings. The summed E-state index contributed by atoms with van der Waals surface area (Å²) < 4.78 is 4.56. The number of carboxylic acid groups (broad SMARTS) is 1. The number of aliphatic carboxylic acids is 1. The lowest BCUT2D eigenvalue weighted by Crippen LogP contribution is -2.42. The molecule has 0 bridgehead atoms. The number of esters is 1. The minimum absolute atomic E-state index is 0.0169. The highest BCUT2D eigenvalue weighted by atomic mass is 16.5. The molecule has 0 fully saturated rings. The zero-order chi connectivity index (χ0) is 9.56. The molecule has 2 N–H and O–H groups in total. The Morgan fingerprint density at radius 1 is 1.58 bits per heavy atom. The summed E-state index contributed by atoms with van der Waals surface area (Å²) in [5.74, 6) is -1.78. The molecule has 70 valence electrons. The monoisotopic (exact) mass is 174 g/mol. The van der Waals surface area contributed by atoms with Gasteiger partial charge in [-0.15, -0.1) is 0 Å². The third-order valence-corrected chi connectivity index (χ3v) is 1.27. The van der Waals surface area contributed by atoms with E-state index in [4.69, 9.17) is 5.73 Å². The Hall–Kier alpha value is -1.10. The van der Waals surface area contributed by atoms with Crippen molar-refractivity contribution in [2.75, 3.05) is 6.61 Å². The normalized spacial score (nSPS) is 12.2. The van der Waals surface area contributed by atoms with Gasteiger partial charge in [0.05, 0.1) is 12.6 Å². The Kier molecular flexibility index (Phi) is 5.03. The number of carboxylic acids is 1. The van der Waals surface area contributed by atoms with Crippen molar-refractivity contribution >= 4 is 11.9 Å². The summed E-state index contributed by atoms with van der Waals surface area (Å²) >= 11 is 0. The van der Waals surface area contributed by atoms with Crippen molar-refractivity contribution in [2.45, 2.75) is 25.8 Å². The van der Waals surface area contributed by atoms with E-state index < -0.39 is 18.0 Å². The van der Waals surface area contributed by atoms with Crippen LogP contribution in [0, 0.1) is 0 Å². The van der Waals surface area contributed by atoms with E-state index in [0.29, 0.717) is 6.61 Å². The van der Waals surface area contributed by atoms with Gasteiger partial charge in [-0.2, -0.15) is 0 Å². The first-order chi connectivity index (χ1) is 5.57. The maximum absolute atomic E-state index is 10.7. The van der Waals surface area contributed by atoms with E-state index in [-0.39, 0.29) is 12.8 Å². The highest BCUT2D eigenvalue weighted by Crippen LogP contribution is 1.95. The number of ether oxygens (including phenoxy) is 1. The molecule has 0 aromatic carbocycles. The van der Waals surface area contributed by atoms with Crippen molar-refractivity contribution < 1.29 is 19.4 Å². The lowest BCUT2D eigenvalue weighted by Gasteiger charge is -2.10. The molecule has 0 unspecified atom stereocenters. The summed E-state index contributed by atoms with van der Waals surface area (Å²) in [5, 5.41) is 10.1. The van der Waals surface area contributed by atoms with Crippen LogP contribution in [-0.2, 0) is 14.3 Å². The first-order valence-corrected chi connectivity index (χ1v) is 3.70. The van der Waals surface area contributed by atoms with Crippen molar-refractivity contribution in [1.82, 2.24) is 0 Å². The SMILES string of the molecule is CCOC(=O)CC[C@H](N)C(=O)[O-]. The minimum Gasteiger partial charge on any atom is -0.548 e. The average molecular weight is 174 g/mol. The summed E-state index contributed by atoms with van der Waals surface area (Å²) in [6.07, 6.45) is 0.0736. The molecule has 0 aliphatic heterocycles. The van der Waals surface area contributed by atoms with Crippen molar-refractivity contribution in [3.63, 3.8) is 0 Å². The minimum atomic E-state index is -1.35. The van der Waals surface area contributed by atoms with E-state index in [0.717, 1.165) is 0 Å². The number of carbonyl (C=O) groups excluding carboxylic acids is 2. The molecule has 0 amide bonds. The Labute approximate surface area is 70.5 Å². The van der Waals surface area contributed by atoms with Crippen LogP contribution in [0.2, 0.25) is 0 Å². The van der Waals surface area contributed by atoms with Crippen LogP contribution < -0.4 is 10.8 Å². The topological polar surface area (TPSA) is 92.5 Å². The van der Waals surface area contributed by atoms with Crippen molar-refractivity contribution in [1.29, 1.82) is 0 Å². The second-order valence-electron chi connectivity index (χ2n) is 2.27. The maximum Gasteiger partial charge on any atom is 0.305 e. The fourth-order valence-corrected chi connectivity index (χ4v) is 0.624. The third-order valence-electron chi connectivity index (χ3n) is 1.27. The average Bonchev–Trinajstić information content (AvgIpc) is 2.00. The number of rotatable bonds is 5. The number of nitrogens with two attached hydrogens (primary N) is 1. The fraction of sp³-hybridized carbons (Fsp3) is 0.714. The quantitative estimate of drug-likeness (QED) is 0.507. The molecule has 0 aliphatic carbocycles. The molecule has 0 rings (SSSR count). The maximum atomic E-state index is 10.7. The van der Waals surface area contributed by atoms with Crippen LogP contribution in [0.15, 0.2) is 0 Å². The molecular weight excluding hydrogens is 162 g/mol. The van der Waals surface area contributed by atoms with E-state index >= 15 is 0 Å². The van der Waals surface area contributed by atoms with E-state index in [1.165, 1.54) is 0 Å². The summed E-state index contributed by atoms with van der Waals surface area (Å²) in [5.41, 5.74) is 5.09. The molecule has 0 heterocycles. The van der Waals surface area contributed by atoms with Gasteiger partial charge in [-0.3, -0.25) is 4.79 Å². The van der Waals surface area contributed by atoms with Crippen LogP contribution in [0.1, 0.15) is 19.8 Å². The molecule has 0 aromatic heterocycles. The first-order valence-electron chi connectivity index (χ1n) is 3.70. The number of hydrogen-bond donors (Lipinski definition) is 1. The van der Waals surface area contributed by atoms with Crippen LogP contribution in [0.3, 0.4) is 0 Å². The highest BCUT2D eigenvalue weighted by molar-refractivity contribution is 5.73. The van der Waals surface area contributed by atoms with Gasteiger partial charge in [0.15, 0.2) is 0 Å². The Morgan fingerprint density at radius 2 is 2.17 bits per heavy atom. The number of carbonyl (C=O) groups is 2. The van der Waals surface area contributed by atoms with Gasteiger partial charge in [-0.05, 0) is 13.3 Å². The molecule has 0 spiro atoms. The molecule has 1 atom stereocenters. The van der Waals surface area contributed by atoms with Gasteiger partial charge in [-0.1, -0.05) is 0 Å². The highest BCUT2D eigenvalue weighted by Gasteiger charge is 2.07. The van der Waals surface area contributed by atoms with Crippen LogP contribution in [0.25, 0.3) is 0 Å². The second-order valence-corrected chi connectivity index (χ2v) is 2.27. The van der Waals surface area contributed by atoms with Crippen LogP contribution >= 0.6 is 0 Å².